The molecule has 0 bridgehead atoms. The Kier molecular flexibility index (Phi) is 3.82. The van der Waals surface area contributed by atoms with Gasteiger partial charge in [-0.25, -0.2) is 10.8 Å². The van der Waals surface area contributed by atoms with Gasteiger partial charge >= 0.3 is 5.69 Å². The molecule has 0 aromatic carbocycles. The van der Waals surface area contributed by atoms with Gasteiger partial charge in [0.2, 0.25) is 11.8 Å². The summed E-state index contributed by atoms with van der Waals surface area (Å²) in [6.07, 6.45) is 1.18. The largest absolute Gasteiger partial charge is 0.349 e. The normalized spacial score (nSPS) is 19.7. The van der Waals surface area contributed by atoms with Gasteiger partial charge in [-0.3, -0.25) is 15.5 Å². The van der Waals surface area contributed by atoms with Crippen LogP contribution in [0, 0.1) is 10.1 Å². The Morgan fingerprint density at radius 1 is 1.72 bits per heavy atom. The molecule has 1 aromatic heterocycles. The lowest BCUT2D eigenvalue weighted by atomic mass is 10.3. The third kappa shape index (κ3) is 2.62. The number of nitrogen functional groups attached to an aromatic ring is 1. The molecular weight excluding hydrogens is 256 g/mol. The van der Waals surface area contributed by atoms with Crippen LogP contribution in [0.3, 0.4) is 0 Å². The van der Waals surface area contributed by atoms with Gasteiger partial charge in [-0.1, -0.05) is 6.92 Å². The molecule has 1 unspecified atom stereocenters. The number of aromatic nitrogens is 2. The molecule has 9 heteroatoms. The summed E-state index contributed by atoms with van der Waals surface area (Å²) in [6.45, 7) is 3.55. The van der Waals surface area contributed by atoms with Gasteiger partial charge in [-0.2, -0.15) is 16.7 Å². The quantitative estimate of drug-likeness (QED) is 0.467. The highest BCUT2D eigenvalue weighted by Gasteiger charge is 2.26. The van der Waals surface area contributed by atoms with Crippen LogP contribution in [0.25, 0.3) is 0 Å². The fourth-order valence-corrected chi connectivity index (χ4v) is 2.82. The summed E-state index contributed by atoms with van der Waals surface area (Å²) in [5.41, 5.74) is 2.22. The monoisotopic (exact) mass is 270 g/mol. The Hall–Kier alpha value is -1.61. The smallest absolute Gasteiger partial charge is 0.329 e. The molecule has 8 nitrogen and oxygen atoms in total. The molecule has 1 atom stereocenters. The molecule has 0 aliphatic carbocycles. The standard InChI is InChI=1S/C9H14N6O2S/c1-6-5-14(2-3-18-6)8-7(15(16)17)4-11-9(12-8)13-10/h4,6H,2-3,5,10H2,1H3,(H,11,12,13). The minimum atomic E-state index is -0.470. The number of hydrazine groups is 1. The summed E-state index contributed by atoms with van der Waals surface area (Å²) in [5.74, 6) is 6.67. The van der Waals surface area contributed by atoms with Gasteiger partial charge < -0.3 is 4.90 Å². The summed E-state index contributed by atoms with van der Waals surface area (Å²) in [5, 5.41) is 11.4. The molecule has 2 heterocycles. The number of nitrogens with one attached hydrogen (secondary N) is 1. The van der Waals surface area contributed by atoms with Crippen LogP contribution < -0.4 is 16.2 Å². The van der Waals surface area contributed by atoms with Crippen LogP contribution in [0.4, 0.5) is 17.5 Å². The van der Waals surface area contributed by atoms with Gasteiger partial charge in [-0.05, 0) is 0 Å². The third-order valence-electron chi connectivity index (χ3n) is 2.62. The molecule has 0 saturated carbocycles. The Morgan fingerprint density at radius 3 is 3.11 bits per heavy atom. The van der Waals surface area contributed by atoms with Crippen molar-refractivity contribution in [2.45, 2.75) is 12.2 Å². The van der Waals surface area contributed by atoms with E-state index in [9.17, 15) is 10.1 Å². The fraction of sp³-hybridized carbons (Fsp3) is 0.556. The van der Waals surface area contributed by atoms with Gasteiger partial charge in [-0.15, -0.1) is 0 Å². The molecule has 0 radical (unpaired) electrons. The van der Waals surface area contributed by atoms with E-state index in [-0.39, 0.29) is 11.6 Å². The van der Waals surface area contributed by atoms with Gasteiger partial charge in [0, 0.05) is 24.1 Å². The molecule has 0 spiro atoms. The molecule has 1 aliphatic heterocycles. The van der Waals surface area contributed by atoms with E-state index < -0.39 is 4.92 Å². The van der Waals surface area contributed by atoms with E-state index in [0.29, 0.717) is 11.1 Å². The van der Waals surface area contributed by atoms with Crippen molar-refractivity contribution in [2.75, 3.05) is 29.2 Å². The second-order valence-corrected chi connectivity index (χ2v) is 5.48. The van der Waals surface area contributed by atoms with Crippen LogP contribution in [0.5, 0.6) is 0 Å². The summed E-state index contributed by atoms with van der Waals surface area (Å²) in [7, 11) is 0. The third-order valence-corrected chi connectivity index (χ3v) is 3.75. The Balaban J connectivity index is 2.36. The predicted molar refractivity (Wildman–Crippen MR) is 70.6 cm³/mol. The number of hydrogen-bond donors (Lipinski definition) is 2. The first-order chi connectivity index (χ1) is 8.61. The van der Waals surface area contributed by atoms with Gasteiger partial charge in [0.25, 0.3) is 0 Å². The molecular formula is C9H14N6O2S. The van der Waals surface area contributed by atoms with Crippen molar-refractivity contribution in [3.05, 3.63) is 16.3 Å². The minimum Gasteiger partial charge on any atom is -0.349 e. The lowest BCUT2D eigenvalue weighted by molar-refractivity contribution is -0.384. The Bertz CT molecular complexity index is 457. The van der Waals surface area contributed by atoms with E-state index in [1.165, 1.54) is 6.20 Å². The van der Waals surface area contributed by atoms with Crippen LogP contribution in [0.2, 0.25) is 0 Å². The number of thioether (sulfide) groups is 1. The zero-order chi connectivity index (χ0) is 13.1. The van der Waals surface area contributed by atoms with E-state index >= 15 is 0 Å². The highest BCUT2D eigenvalue weighted by molar-refractivity contribution is 8.00. The Labute approximate surface area is 108 Å². The summed E-state index contributed by atoms with van der Waals surface area (Å²) >= 11 is 1.85. The lowest BCUT2D eigenvalue weighted by Crippen LogP contribution is -2.37. The number of anilines is 2. The van der Waals surface area contributed by atoms with Gasteiger partial charge in [0.15, 0.2) is 0 Å². The molecule has 3 N–H and O–H groups in total. The molecule has 18 heavy (non-hydrogen) atoms. The number of hydrogen-bond acceptors (Lipinski definition) is 8. The summed E-state index contributed by atoms with van der Waals surface area (Å²) in [4.78, 5) is 20.3. The number of rotatable bonds is 3. The van der Waals surface area contributed by atoms with Gasteiger partial charge in [0.1, 0.15) is 6.20 Å². The van der Waals surface area contributed by atoms with Crippen molar-refractivity contribution in [3.8, 4) is 0 Å². The molecule has 98 valence electrons. The first-order valence-corrected chi connectivity index (χ1v) is 6.51. The van der Waals surface area contributed by atoms with Crippen LogP contribution in [0.1, 0.15) is 6.92 Å². The second-order valence-electron chi connectivity index (χ2n) is 3.93. The summed E-state index contributed by atoms with van der Waals surface area (Å²) < 4.78 is 0. The van der Waals surface area contributed by atoms with E-state index in [4.69, 9.17) is 5.84 Å². The maximum atomic E-state index is 11.0. The van der Waals surface area contributed by atoms with Crippen LogP contribution in [-0.4, -0.2) is 39.0 Å². The predicted octanol–water partition coefficient (Wildman–Crippen LogP) is 0.612. The molecule has 1 fully saturated rings. The average Bonchev–Trinajstić information content (AvgIpc) is 2.38. The number of nitrogens with zero attached hydrogens (tertiary/aromatic N) is 4. The highest BCUT2D eigenvalue weighted by atomic mass is 32.2. The molecule has 2 rings (SSSR count). The lowest BCUT2D eigenvalue weighted by Gasteiger charge is -2.31. The van der Waals surface area contributed by atoms with E-state index in [1.54, 1.807) is 0 Å². The van der Waals surface area contributed by atoms with E-state index in [0.717, 1.165) is 18.8 Å². The van der Waals surface area contributed by atoms with Crippen molar-refractivity contribution >= 4 is 29.2 Å². The maximum Gasteiger partial charge on any atom is 0.329 e. The zero-order valence-electron chi connectivity index (χ0n) is 9.87. The molecule has 1 aromatic rings. The van der Waals surface area contributed by atoms with E-state index in [1.807, 2.05) is 16.7 Å². The maximum absolute atomic E-state index is 11.0. The minimum absolute atomic E-state index is 0.0897. The average molecular weight is 270 g/mol. The number of nitro groups is 1. The molecule has 0 amide bonds. The van der Waals surface area contributed by atoms with Crippen molar-refractivity contribution in [3.63, 3.8) is 0 Å². The highest BCUT2D eigenvalue weighted by Crippen LogP contribution is 2.29. The van der Waals surface area contributed by atoms with Crippen LogP contribution in [0.15, 0.2) is 6.20 Å². The first kappa shape index (κ1) is 12.8. The van der Waals surface area contributed by atoms with Crippen LogP contribution in [-0.2, 0) is 0 Å². The zero-order valence-corrected chi connectivity index (χ0v) is 10.7. The fourth-order valence-electron chi connectivity index (χ4n) is 1.81. The molecule has 1 saturated heterocycles. The van der Waals surface area contributed by atoms with Crippen molar-refractivity contribution < 1.29 is 4.92 Å². The topological polar surface area (TPSA) is 110 Å². The molecule has 1 aliphatic rings. The SMILES string of the molecule is CC1CN(c2nc(NN)ncc2[N+](=O)[O-])CCS1. The van der Waals surface area contributed by atoms with Crippen molar-refractivity contribution in [1.82, 2.24) is 9.97 Å². The summed E-state index contributed by atoms with van der Waals surface area (Å²) in [6, 6.07) is 0. The van der Waals surface area contributed by atoms with Crippen molar-refractivity contribution in [1.29, 1.82) is 0 Å². The second kappa shape index (κ2) is 5.36. The van der Waals surface area contributed by atoms with Crippen molar-refractivity contribution in [2.24, 2.45) is 5.84 Å². The van der Waals surface area contributed by atoms with Crippen LogP contribution >= 0.6 is 11.8 Å². The first-order valence-electron chi connectivity index (χ1n) is 5.46. The van der Waals surface area contributed by atoms with Gasteiger partial charge in [0.05, 0.1) is 4.92 Å². The number of nitrogens with two attached hydrogens (primary N) is 1. The van der Waals surface area contributed by atoms with E-state index in [2.05, 4.69) is 22.3 Å². The Morgan fingerprint density at radius 2 is 2.50 bits per heavy atom.